The number of carbonyl (C=O) groups excluding carboxylic acids is 1. The topological polar surface area (TPSA) is 80.9 Å². The van der Waals surface area contributed by atoms with Gasteiger partial charge in [-0.05, 0) is 19.1 Å². The van der Waals surface area contributed by atoms with Gasteiger partial charge in [0.2, 0.25) is 5.91 Å². The summed E-state index contributed by atoms with van der Waals surface area (Å²) in [4.78, 5) is 19.8. The molecule has 3 N–H and O–H groups in total. The maximum absolute atomic E-state index is 13.0. The predicted octanol–water partition coefficient (Wildman–Crippen LogP) is 2.38. The molecular weight excluding hydrogens is 298 g/mol. The predicted molar refractivity (Wildman–Crippen MR) is 76.9 cm³/mol. The van der Waals surface area contributed by atoms with Crippen molar-refractivity contribution in [3.05, 3.63) is 41.6 Å². The van der Waals surface area contributed by atoms with E-state index in [0.29, 0.717) is 16.7 Å². The summed E-state index contributed by atoms with van der Waals surface area (Å²) >= 11 is 1.08. The van der Waals surface area contributed by atoms with Gasteiger partial charge in [0.15, 0.2) is 5.16 Å². The summed E-state index contributed by atoms with van der Waals surface area (Å²) in [6.45, 7) is 1.76. The molecule has 1 amide bonds. The SMILES string of the molecule is Cc1cc(N)nc(SCC(=O)Nc2cc(F)cc(F)c2)n1. The second-order valence-corrected chi connectivity index (χ2v) is 5.15. The molecule has 0 aliphatic carbocycles. The minimum Gasteiger partial charge on any atom is -0.384 e. The van der Waals surface area contributed by atoms with Crippen molar-refractivity contribution < 1.29 is 13.6 Å². The fraction of sp³-hybridized carbons (Fsp3) is 0.154. The highest BCUT2D eigenvalue weighted by Crippen LogP contribution is 2.17. The molecule has 8 heteroatoms. The summed E-state index contributed by atoms with van der Waals surface area (Å²) in [5.74, 6) is -1.62. The Balaban J connectivity index is 1.95. The summed E-state index contributed by atoms with van der Waals surface area (Å²) in [5, 5.41) is 2.77. The van der Waals surface area contributed by atoms with Crippen LogP contribution in [0.4, 0.5) is 20.3 Å². The van der Waals surface area contributed by atoms with Crippen LogP contribution >= 0.6 is 11.8 Å². The lowest BCUT2D eigenvalue weighted by Gasteiger charge is -2.06. The highest BCUT2D eigenvalue weighted by molar-refractivity contribution is 7.99. The Morgan fingerprint density at radius 3 is 2.52 bits per heavy atom. The maximum atomic E-state index is 13.0. The third kappa shape index (κ3) is 4.67. The van der Waals surface area contributed by atoms with Crippen LogP contribution in [0.2, 0.25) is 0 Å². The van der Waals surface area contributed by atoms with Gasteiger partial charge in [-0.2, -0.15) is 0 Å². The Morgan fingerprint density at radius 1 is 1.24 bits per heavy atom. The van der Waals surface area contributed by atoms with Crippen LogP contribution in [0.5, 0.6) is 0 Å². The van der Waals surface area contributed by atoms with Gasteiger partial charge in [0, 0.05) is 23.5 Å². The van der Waals surface area contributed by atoms with Crippen LogP contribution in [0.25, 0.3) is 0 Å². The number of rotatable bonds is 4. The van der Waals surface area contributed by atoms with Gasteiger partial charge in [-0.15, -0.1) is 0 Å². The van der Waals surface area contributed by atoms with Crippen molar-refractivity contribution in [1.29, 1.82) is 0 Å². The summed E-state index contributed by atoms with van der Waals surface area (Å²) in [5.41, 5.74) is 6.32. The molecule has 21 heavy (non-hydrogen) atoms. The van der Waals surface area contributed by atoms with Crippen molar-refractivity contribution in [3.8, 4) is 0 Å². The lowest BCUT2D eigenvalue weighted by molar-refractivity contribution is -0.113. The lowest BCUT2D eigenvalue weighted by atomic mass is 10.3. The third-order valence-corrected chi connectivity index (χ3v) is 3.18. The van der Waals surface area contributed by atoms with Crippen LogP contribution in [0, 0.1) is 18.6 Å². The number of benzene rings is 1. The Bertz CT molecular complexity index is 641. The molecule has 2 rings (SSSR count). The van der Waals surface area contributed by atoms with Gasteiger partial charge in [-0.1, -0.05) is 11.8 Å². The van der Waals surface area contributed by atoms with Crippen LogP contribution in [0.15, 0.2) is 29.4 Å². The van der Waals surface area contributed by atoms with Crippen LogP contribution in [-0.4, -0.2) is 21.6 Å². The molecule has 0 bridgehead atoms. The molecule has 0 aliphatic heterocycles. The van der Waals surface area contributed by atoms with Gasteiger partial charge in [-0.3, -0.25) is 4.79 Å². The Labute approximate surface area is 124 Å². The smallest absolute Gasteiger partial charge is 0.234 e. The van der Waals surface area contributed by atoms with E-state index in [0.717, 1.165) is 30.0 Å². The minimum atomic E-state index is -0.757. The number of nitrogens with one attached hydrogen (secondary N) is 1. The number of aromatic nitrogens is 2. The normalized spacial score (nSPS) is 10.4. The molecule has 5 nitrogen and oxygen atoms in total. The number of aryl methyl sites for hydroxylation is 1. The monoisotopic (exact) mass is 310 g/mol. The first-order valence-electron chi connectivity index (χ1n) is 5.92. The van der Waals surface area contributed by atoms with E-state index in [1.54, 1.807) is 13.0 Å². The third-order valence-electron chi connectivity index (χ3n) is 2.33. The average molecular weight is 310 g/mol. The van der Waals surface area contributed by atoms with Gasteiger partial charge >= 0.3 is 0 Å². The molecule has 0 spiro atoms. The van der Waals surface area contributed by atoms with E-state index in [1.165, 1.54) is 0 Å². The quantitative estimate of drug-likeness (QED) is 0.669. The van der Waals surface area contributed by atoms with Crippen molar-refractivity contribution in [2.75, 3.05) is 16.8 Å². The molecule has 0 radical (unpaired) electrons. The zero-order valence-corrected chi connectivity index (χ0v) is 11.9. The Hall–Kier alpha value is -2.22. The van der Waals surface area contributed by atoms with Crippen molar-refractivity contribution >= 4 is 29.2 Å². The van der Waals surface area contributed by atoms with Gasteiger partial charge in [0.25, 0.3) is 0 Å². The summed E-state index contributed by atoms with van der Waals surface area (Å²) in [6, 6.07) is 4.41. The Kier molecular flexibility index (Phi) is 4.69. The van der Waals surface area contributed by atoms with E-state index < -0.39 is 17.5 Å². The number of carbonyl (C=O) groups is 1. The van der Waals surface area contributed by atoms with Crippen LogP contribution in [0.3, 0.4) is 0 Å². The standard InChI is InChI=1S/C13H12F2N4OS/c1-7-2-11(16)19-13(17-7)21-6-12(20)18-10-4-8(14)3-9(15)5-10/h2-5H,6H2,1H3,(H,18,20)(H2,16,17,19). The molecule has 0 aliphatic rings. The fourth-order valence-electron chi connectivity index (χ4n) is 1.58. The summed E-state index contributed by atoms with van der Waals surface area (Å²) in [7, 11) is 0. The molecule has 0 saturated carbocycles. The van der Waals surface area contributed by atoms with Crippen LogP contribution < -0.4 is 11.1 Å². The van der Waals surface area contributed by atoms with Gasteiger partial charge in [0.1, 0.15) is 17.5 Å². The summed E-state index contributed by atoms with van der Waals surface area (Å²) < 4.78 is 26.0. The van der Waals surface area contributed by atoms with Crippen molar-refractivity contribution in [2.24, 2.45) is 0 Å². The van der Waals surface area contributed by atoms with Gasteiger partial charge in [0.05, 0.1) is 5.75 Å². The number of hydrogen-bond donors (Lipinski definition) is 2. The summed E-state index contributed by atoms with van der Waals surface area (Å²) in [6.07, 6.45) is 0. The first kappa shape index (κ1) is 15.2. The molecule has 0 unspecified atom stereocenters. The number of nitrogen functional groups attached to an aromatic ring is 1. The van der Waals surface area contributed by atoms with E-state index in [1.807, 2.05) is 0 Å². The molecule has 110 valence electrons. The average Bonchev–Trinajstić information content (AvgIpc) is 2.34. The van der Waals surface area contributed by atoms with Crippen molar-refractivity contribution in [1.82, 2.24) is 9.97 Å². The number of amides is 1. The molecule has 0 atom stereocenters. The molecule has 1 aromatic heterocycles. The molecule has 1 heterocycles. The van der Waals surface area contributed by atoms with E-state index in [-0.39, 0.29) is 11.4 Å². The molecule has 2 aromatic rings. The lowest BCUT2D eigenvalue weighted by Crippen LogP contribution is -2.14. The second kappa shape index (κ2) is 6.49. The van der Waals surface area contributed by atoms with Crippen molar-refractivity contribution in [2.45, 2.75) is 12.1 Å². The second-order valence-electron chi connectivity index (χ2n) is 4.21. The molecular formula is C13H12F2N4OS. The zero-order valence-electron chi connectivity index (χ0n) is 11.1. The minimum absolute atomic E-state index is 0.00102. The highest BCUT2D eigenvalue weighted by Gasteiger charge is 2.08. The first-order chi connectivity index (χ1) is 9.92. The van der Waals surface area contributed by atoms with Crippen LogP contribution in [0.1, 0.15) is 5.69 Å². The number of nitrogens with zero attached hydrogens (tertiary/aromatic N) is 2. The van der Waals surface area contributed by atoms with Gasteiger partial charge < -0.3 is 11.1 Å². The van der Waals surface area contributed by atoms with Crippen LogP contribution in [-0.2, 0) is 4.79 Å². The number of hydrogen-bond acceptors (Lipinski definition) is 5. The zero-order chi connectivity index (χ0) is 15.4. The van der Waals surface area contributed by atoms with E-state index in [2.05, 4.69) is 15.3 Å². The molecule has 0 saturated heterocycles. The van der Waals surface area contributed by atoms with Gasteiger partial charge in [-0.25, -0.2) is 18.7 Å². The highest BCUT2D eigenvalue weighted by atomic mass is 32.2. The number of anilines is 2. The molecule has 1 aromatic carbocycles. The van der Waals surface area contributed by atoms with E-state index in [9.17, 15) is 13.6 Å². The van der Waals surface area contributed by atoms with E-state index >= 15 is 0 Å². The number of halogens is 2. The Morgan fingerprint density at radius 2 is 1.90 bits per heavy atom. The van der Waals surface area contributed by atoms with E-state index in [4.69, 9.17) is 5.73 Å². The number of nitrogens with two attached hydrogens (primary N) is 1. The fourth-order valence-corrected chi connectivity index (χ4v) is 2.29. The first-order valence-corrected chi connectivity index (χ1v) is 6.91. The van der Waals surface area contributed by atoms with Crippen molar-refractivity contribution in [3.63, 3.8) is 0 Å². The largest absolute Gasteiger partial charge is 0.384 e. The maximum Gasteiger partial charge on any atom is 0.234 e. The number of thioether (sulfide) groups is 1. The molecule has 0 fully saturated rings.